The van der Waals surface area contributed by atoms with Gasteiger partial charge in [-0.2, -0.15) is 0 Å². The molecule has 4 heteroatoms. The molecular weight excluding hydrogens is 190 g/mol. The number of hydrogen-bond donors (Lipinski definition) is 0. The van der Waals surface area contributed by atoms with Crippen LogP contribution in [0.5, 0.6) is 0 Å². The fourth-order valence-electron chi connectivity index (χ4n) is 1.02. The summed E-state index contributed by atoms with van der Waals surface area (Å²) in [6, 6.07) is 1.66. The minimum absolute atomic E-state index is 0.435. The molecule has 0 saturated carbocycles. The summed E-state index contributed by atoms with van der Waals surface area (Å²) in [5.74, 6) is 1.70. The lowest BCUT2D eigenvalue weighted by atomic mass is 10.4. The van der Waals surface area contributed by atoms with Gasteiger partial charge in [0.1, 0.15) is 5.76 Å². The number of hydrogen-bond acceptors (Lipinski definition) is 3. The summed E-state index contributed by atoms with van der Waals surface area (Å²) in [6.45, 7) is 3.72. The molecule has 0 aromatic carbocycles. The zero-order valence-corrected chi connectivity index (χ0v) is 8.05. The van der Waals surface area contributed by atoms with Gasteiger partial charge >= 0.3 is 0 Å². The molecule has 0 bridgehead atoms. The number of halogens is 1. The number of nitrogens with zero attached hydrogens (tertiary/aromatic N) is 1. The quantitative estimate of drug-likeness (QED) is 0.705. The van der Waals surface area contributed by atoms with Crippen molar-refractivity contribution in [3.63, 3.8) is 0 Å². The Bertz CT molecular complexity index is 411. The molecule has 0 amide bonds. The van der Waals surface area contributed by atoms with E-state index in [4.69, 9.17) is 20.4 Å². The molecule has 0 radical (unpaired) electrons. The van der Waals surface area contributed by atoms with Crippen LogP contribution >= 0.6 is 11.6 Å². The van der Waals surface area contributed by atoms with Crippen molar-refractivity contribution in [3.8, 4) is 11.7 Å². The van der Waals surface area contributed by atoms with Gasteiger partial charge < -0.3 is 8.83 Å². The van der Waals surface area contributed by atoms with Crippen LogP contribution in [0.2, 0.25) is 5.02 Å². The van der Waals surface area contributed by atoms with Crippen LogP contribution in [-0.2, 0) is 0 Å². The van der Waals surface area contributed by atoms with E-state index >= 15 is 0 Å². The van der Waals surface area contributed by atoms with Crippen molar-refractivity contribution < 1.29 is 8.83 Å². The summed E-state index contributed by atoms with van der Waals surface area (Å²) in [5, 5.41) is 0.515. The Balaban J connectivity index is 2.53. The average Bonchev–Trinajstić information content (AvgIpc) is 2.60. The van der Waals surface area contributed by atoms with Crippen molar-refractivity contribution in [1.82, 2.24) is 4.98 Å². The van der Waals surface area contributed by atoms with Gasteiger partial charge in [-0.25, -0.2) is 4.98 Å². The lowest BCUT2D eigenvalue weighted by molar-refractivity contribution is 0.500. The van der Waals surface area contributed by atoms with Crippen LogP contribution in [0.25, 0.3) is 11.7 Å². The van der Waals surface area contributed by atoms with E-state index < -0.39 is 0 Å². The minimum atomic E-state index is 0.435. The maximum absolute atomic E-state index is 5.84. The summed E-state index contributed by atoms with van der Waals surface area (Å²) >= 11 is 5.84. The molecule has 2 heterocycles. The third-order valence-corrected chi connectivity index (χ3v) is 2.14. The molecule has 0 aliphatic carbocycles. The highest BCUT2D eigenvalue weighted by Crippen LogP contribution is 2.29. The Hall–Kier alpha value is -1.22. The summed E-state index contributed by atoms with van der Waals surface area (Å²) in [6.07, 6.45) is 1.51. The second-order valence-electron chi connectivity index (χ2n) is 2.76. The fourth-order valence-corrected chi connectivity index (χ4v) is 1.19. The molecule has 0 unspecified atom stereocenters. The molecule has 0 spiro atoms. The normalized spacial score (nSPS) is 10.7. The number of rotatable bonds is 1. The second-order valence-corrected chi connectivity index (χ2v) is 3.17. The van der Waals surface area contributed by atoms with E-state index in [0.717, 1.165) is 11.5 Å². The molecule has 3 nitrogen and oxygen atoms in total. The summed E-state index contributed by atoms with van der Waals surface area (Å²) < 4.78 is 10.5. The number of aromatic nitrogens is 1. The van der Waals surface area contributed by atoms with Crippen LogP contribution in [0.15, 0.2) is 21.2 Å². The van der Waals surface area contributed by atoms with Crippen LogP contribution in [0.1, 0.15) is 11.5 Å². The number of oxazole rings is 1. The SMILES string of the molecule is Cc1nc(-c2occc2Cl)oc1C. The zero-order chi connectivity index (χ0) is 9.42. The third-order valence-electron chi connectivity index (χ3n) is 1.84. The third kappa shape index (κ3) is 1.35. The van der Waals surface area contributed by atoms with Crippen LogP contribution in [0.4, 0.5) is 0 Å². The Labute approximate surface area is 80.3 Å². The van der Waals surface area contributed by atoms with Crippen molar-refractivity contribution in [1.29, 1.82) is 0 Å². The molecule has 0 N–H and O–H groups in total. The molecular formula is C9H8ClNO2. The van der Waals surface area contributed by atoms with Gasteiger partial charge in [-0.15, -0.1) is 0 Å². The van der Waals surface area contributed by atoms with E-state index in [1.54, 1.807) is 6.07 Å². The average molecular weight is 198 g/mol. The van der Waals surface area contributed by atoms with Gasteiger partial charge in [-0.05, 0) is 19.9 Å². The Morgan fingerprint density at radius 1 is 1.38 bits per heavy atom. The monoisotopic (exact) mass is 197 g/mol. The van der Waals surface area contributed by atoms with Gasteiger partial charge in [0, 0.05) is 0 Å². The largest absolute Gasteiger partial charge is 0.458 e. The van der Waals surface area contributed by atoms with Gasteiger partial charge in [0.25, 0.3) is 5.89 Å². The smallest absolute Gasteiger partial charge is 0.264 e. The summed E-state index contributed by atoms with van der Waals surface area (Å²) in [5.41, 5.74) is 0.850. The highest BCUT2D eigenvalue weighted by molar-refractivity contribution is 6.32. The van der Waals surface area contributed by atoms with Gasteiger partial charge in [-0.1, -0.05) is 11.6 Å². The first kappa shape index (κ1) is 8.38. The fraction of sp³-hybridized carbons (Fsp3) is 0.222. The summed E-state index contributed by atoms with van der Waals surface area (Å²) in [7, 11) is 0. The molecule has 0 fully saturated rings. The van der Waals surface area contributed by atoms with Crippen molar-refractivity contribution in [2.24, 2.45) is 0 Å². The van der Waals surface area contributed by atoms with E-state index in [-0.39, 0.29) is 0 Å². The first-order chi connectivity index (χ1) is 6.18. The Kier molecular flexibility index (Phi) is 1.88. The topological polar surface area (TPSA) is 39.2 Å². The molecule has 0 saturated heterocycles. The van der Waals surface area contributed by atoms with E-state index in [1.165, 1.54) is 6.26 Å². The van der Waals surface area contributed by atoms with Crippen molar-refractivity contribution in [2.45, 2.75) is 13.8 Å². The zero-order valence-electron chi connectivity index (χ0n) is 7.30. The van der Waals surface area contributed by atoms with Crippen LogP contribution in [0, 0.1) is 13.8 Å². The van der Waals surface area contributed by atoms with Crippen molar-refractivity contribution in [2.75, 3.05) is 0 Å². The molecule has 2 aromatic heterocycles. The predicted molar refractivity (Wildman–Crippen MR) is 48.7 cm³/mol. The van der Waals surface area contributed by atoms with Gasteiger partial charge in [0.2, 0.25) is 5.76 Å². The van der Waals surface area contributed by atoms with Crippen molar-refractivity contribution >= 4 is 11.6 Å². The van der Waals surface area contributed by atoms with E-state index in [1.807, 2.05) is 13.8 Å². The first-order valence-electron chi connectivity index (χ1n) is 3.86. The maximum atomic E-state index is 5.84. The highest BCUT2D eigenvalue weighted by Gasteiger charge is 2.14. The van der Waals surface area contributed by atoms with E-state index in [2.05, 4.69) is 4.98 Å². The van der Waals surface area contributed by atoms with Crippen LogP contribution in [0.3, 0.4) is 0 Å². The van der Waals surface area contributed by atoms with Crippen LogP contribution in [-0.4, -0.2) is 4.98 Å². The molecule has 68 valence electrons. The van der Waals surface area contributed by atoms with Crippen LogP contribution < -0.4 is 0 Å². The molecule has 2 aromatic rings. The molecule has 0 aliphatic rings. The second kappa shape index (κ2) is 2.92. The highest BCUT2D eigenvalue weighted by atomic mass is 35.5. The standard InChI is InChI=1S/C9H8ClNO2/c1-5-6(2)13-9(11-5)8-7(10)3-4-12-8/h3-4H,1-2H3. The molecule has 2 rings (SSSR count). The first-order valence-corrected chi connectivity index (χ1v) is 4.23. The van der Waals surface area contributed by atoms with Gasteiger partial charge in [0.05, 0.1) is 17.0 Å². The summed E-state index contributed by atoms with van der Waals surface area (Å²) in [4.78, 5) is 4.17. The molecule has 0 atom stereocenters. The minimum Gasteiger partial charge on any atom is -0.458 e. The van der Waals surface area contributed by atoms with Gasteiger partial charge in [0.15, 0.2) is 0 Å². The number of aryl methyl sites for hydroxylation is 2. The van der Waals surface area contributed by atoms with E-state index in [9.17, 15) is 0 Å². The van der Waals surface area contributed by atoms with Crippen molar-refractivity contribution in [3.05, 3.63) is 28.8 Å². The van der Waals surface area contributed by atoms with Gasteiger partial charge in [-0.3, -0.25) is 0 Å². The molecule has 13 heavy (non-hydrogen) atoms. The molecule has 0 aliphatic heterocycles. The predicted octanol–water partition coefficient (Wildman–Crippen LogP) is 3.20. The number of furan rings is 1. The van der Waals surface area contributed by atoms with E-state index in [0.29, 0.717) is 16.7 Å². The maximum Gasteiger partial charge on any atom is 0.264 e. The lowest BCUT2D eigenvalue weighted by Crippen LogP contribution is -1.74. The lowest BCUT2D eigenvalue weighted by Gasteiger charge is -1.87. The Morgan fingerprint density at radius 2 is 2.15 bits per heavy atom. The Morgan fingerprint density at radius 3 is 2.62 bits per heavy atom.